The SMILES string of the molecule is CCCCCC(CC)C(C(=O)O)C(=O)c1cncnc1. The molecule has 0 saturated heterocycles. The Hall–Kier alpha value is -1.78. The van der Waals surface area contributed by atoms with Gasteiger partial charge in [0, 0.05) is 12.4 Å². The topological polar surface area (TPSA) is 80.1 Å². The van der Waals surface area contributed by atoms with Crippen molar-refractivity contribution in [1.82, 2.24) is 9.97 Å². The quantitative estimate of drug-likeness (QED) is 0.426. The van der Waals surface area contributed by atoms with Gasteiger partial charge in [-0.25, -0.2) is 9.97 Å². The van der Waals surface area contributed by atoms with E-state index < -0.39 is 11.9 Å². The third-order valence-corrected chi connectivity index (χ3v) is 3.57. The van der Waals surface area contributed by atoms with E-state index in [1.807, 2.05) is 6.92 Å². The molecule has 1 N–H and O–H groups in total. The van der Waals surface area contributed by atoms with Crippen molar-refractivity contribution in [2.75, 3.05) is 0 Å². The number of Topliss-reactive ketones (excluding diaryl/α,β-unsaturated/α-hetero) is 1. The fraction of sp³-hybridized carbons (Fsp3) is 0.600. The highest BCUT2D eigenvalue weighted by molar-refractivity contribution is 6.08. The Kier molecular flexibility index (Phi) is 6.84. The second-order valence-corrected chi connectivity index (χ2v) is 4.97. The lowest BCUT2D eigenvalue weighted by atomic mass is 9.81. The molecule has 0 aromatic carbocycles. The molecule has 0 aliphatic carbocycles. The maximum atomic E-state index is 12.4. The Balaban J connectivity index is 2.86. The molecule has 2 unspecified atom stereocenters. The maximum absolute atomic E-state index is 12.4. The fourth-order valence-corrected chi connectivity index (χ4v) is 2.40. The number of aromatic nitrogens is 2. The molecule has 0 spiro atoms. The van der Waals surface area contributed by atoms with Gasteiger partial charge in [0.1, 0.15) is 12.2 Å². The van der Waals surface area contributed by atoms with Crippen LogP contribution in [-0.2, 0) is 4.79 Å². The van der Waals surface area contributed by atoms with Gasteiger partial charge in [-0.2, -0.15) is 0 Å². The van der Waals surface area contributed by atoms with Crippen molar-refractivity contribution in [3.63, 3.8) is 0 Å². The van der Waals surface area contributed by atoms with Gasteiger partial charge in [-0.1, -0.05) is 39.5 Å². The third-order valence-electron chi connectivity index (χ3n) is 3.57. The molecule has 1 aromatic heterocycles. The van der Waals surface area contributed by atoms with Crippen molar-refractivity contribution in [3.8, 4) is 0 Å². The van der Waals surface area contributed by atoms with Crippen LogP contribution in [0.1, 0.15) is 56.3 Å². The first-order valence-corrected chi connectivity index (χ1v) is 7.13. The predicted octanol–water partition coefficient (Wildman–Crippen LogP) is 2.97. The first-order valence-electron chi connectivity index (χ1n) is 7.13. The number of ketones is 1. The van der Waals surface area contributed by atoms with E-state index in [4.69, 9.17) is 0 Å². The molecule has 1 aromatic rings. The van der Waals surface area contributed by atoms with E-state index in [9.17, 15) is 14.7 Å². The van der Waals surface area contributed by atoms with Crippen LogP contribution in [0.25, 0.3) is 0 Å². The van der Waals surface area contributed by atoms with Crippen molar-refractivity contribution in [3.05, 3.63) is 24.3 Å². The van der Waals surface area contributed by atoms with Crippen LogP contribution in [0.5, 0.6) is 0 Å². The predicted molar refractivity (Wildman–Crippen MR) is 75.4 cm³/mol. The molecular weight excluding hydrogens is 256 g/mol. The van der Waals surface area contributed by atoms with Crippen LogP contribution in [0.4, 0.5) is 0 Å². The average Bonchev–Trinajstić information content (AvgIpc) is 2.46. The van der Waals surface area contributed by atoms with Gasteiger partial charge in [-0.05, 0) is 12.3 Å². The van der Waals surface area contributed by atoms with Crippen LogP contribution < -0.4 is 0 Å². The molecule has 5 nitrogen and oxygen atoms in total. The lowest BCUT2D eigenvalue weighted by molar-refractivity contribution is -0.141. The molecule has 0 fully saturated rings. The fourth-order valence-electron chi connectivity index (χ4n) is 2.40. The number of hydrogen-bond acceptors (Lipinski definition) is 4. The summed E-state index contributed by atoms with van der Waals surface area (Å²) in [6.07, 6.45) is 8.62. The van der Waals surface area contributed by atoms with Crippen molar-refractivity contribution in [1.29, 1.82) is 0 Å². The molecule has 5 heteroatoms. The highest BCUT2D eigenvalue weighted by atomic mass is 16.4. The minimum atomic E-state index is -1.05. The standard InChI is InChI=1S/C15H22N2O3/c1-3-5-6-7-11(4-2)13(15(19)20)14(18)12-8-16-10-17-9-12/h8-11,13H,3-7H2,1-2H3,(H,19,20). The van der Waals surface area contributed by atoms with E-state index in [2.05, 4.69) is 16.9 Å². The second kappa shape index (κ2) is 8.40. The normalized spacial score (nSPS) is 13.7. The third kappa shape index (κ3) is 4.40. The van der Waals surface area contributed by atoms with E-state index in [0.717, 1.165) is 25.7 Å². The Labute approximate surface area is 119 Å². The number of carboxylic acids is 1. The minimum Gasteiger partial charge on any atom is -0.481 e. The van der Waals surface area contributed by atoms with E-state index in [0.29, 0.717) is 6.42 Å². The zero-order chi connectivity index (χ0) is 15.0. The number of carbonyl (C=O) groups is 2. The van der Waals surface area contributed by atoms with Crippen LogP contribution in [0.15, 0.2) is 18.7 Å². The van der Waals surface area contributed by atoms with Gasteiger partial charge in [-0.15, -0.1) is 0 Å². The summed E-state index contributed by atoms with van der Waals surface area (Å²) in [6.45, 7) is 4.03. The van der Waals surface area contributed by atoms with Crippen molar-refractivity contribution < 1.29 is 14.7 Å². The molecule has 0 aliphatic heterocycles. The van der Waals surface area contributed by atoms with E-state index >= 15 is 0 Å². The van der Waals surface area contributed by atoms with Gasteiger partial charge >= 0.3 is 5.97 Å². The maximum Gasteiger partial charge on any atom is 0.314 e. The highest BCUT2D eigenvalue weighted by Crippen LogP contribution is 2.26. The molecule has 1 rings (SSSR count). The zero-order valence-corrected chi connectivity index (χ0v) is 12.1. The number of aliphatic carboxylic acids is 1. The summed E-state index contributed by atoms with van der Waals surface area (Å²) in [6, 6.07) is 0. The number of hydrogen-bond donors (Lipinski definition) is 1. The first-order chi connectivity index (χ1) is 9.61. The summed E-state index contributed by atoms with van der Waals surface area (Å²) in [5.74, 6) is -2.57. The Morgan fingerprint density at radius 1 is 1.20 bits per heavy atom. The van der Waals surface area contributed by atoms with Gasteiger partial charge in [0.15, 0.2) is 5.78 Å². The Morgan fingerprint density at radius 2 is 1.85 bits per heavy atom. The average molecular weight is 278 g/mol. The summed E-state index contributed by atoms with van der Waals surface area (Å²) >= 11 is 0. The molecule has 2 atom stereocenters. The van der Waals surface area contributed by atoms with Gasteiger partial charge in [0.2, 0.25) is 0 Å². The lowest BCUT2D eigenvalue weighted by Gasteiger charge is -2.21. The van der Waals surface area contributed by atoms with Crippen LogP contribution in [-0.4, -0.2) is 26.8 Å². The van der Waals surface area contributed by atoms with Crippen molar-refractivity contribution >= 4 is 11.8 Å². The van der Waals surface area contributed by atoms with Crippen molar-refractivity contribution in [2.45, 2.75) is 46.0 Å². The molecule has 20 heavy (non-hydrogen) atoms. The lowest BCUT2D eigenvalue weighted by Crippen LogP contribution is -2.31. The smallest absolute Gasteiger partial charge is 0.314 e. The number of carboxylic acid groups (broad SMARTS) is 1. The summed E-state index contributed by atoms with van der Waals surface area (Å²) in [5.41, 5.74) is 0.272. The van der Waals surface area contributed by atoms with Gasteiger partial charge < -0.3 is 5.11 Å². The number of unbranched alkanes of at least 4 members (excludes halogenated alkanes) is 2. The molecule has 0 bridgehead atoms. The molecule has 0 saturated carbocycles. The summed E-state index contributed by atoms with van der Waals surface area (Å²) in [7, 11) is 0. The Morgan fingerprint density at radius 3 is 2.35 bits per heavy atom. The van der Waals surface area contributed by atoms with Crippen LogP contribution >= 0.6 is 0 Å². The monoisotopic (exact) mass is 278 g/mol. The molecular formula is C15H22N2O3. The van der Waals surface area contributed by atoms with Crippen LogP contribution in [0.3, 0.4) is 0 Å². The summed E-state index contributed by atoms with van der Waals surface area (Å²) in [4.78, 5) is 31.4. The van der Waals surface area contributed by atoms with Crippen LogP contribution in [0, 0.1) is 11.8 Å². The van der Waals surface area contributed by atoms with E-state index in [-0.39, 0.29) is 17.3 Å². The minimum absolute atomic E-state index is 0.133. The summed E-state index contributed by atoms with van der Waals surface area (Å²) in [5, 5.41) is 9.40. The number of carbonyl (C=O) groups excluding carboxylic acids is 1. The van der Waals surface area contributed by atoms with E-state index in [1.165, 1.54) is 18.7 Å². The molecule has 1 heterocycles. The number of rotatable bonds is 9. The first kappa shape index (κ1) is 16.3. The van der Waals surface area contributed by atoms with E-state index in [1.54, 1.807) is 0 Å². The second-order valence-electron chi connectivity index (χ2n) is 4.97. The zero-order valence-electron chi connectivity index (χ0n) is 12.1. The molecule has 0 amide bonds. The van der Waals surface area contributed by atoms with Gasteiger partial charge in [-0.3, -0.25) is 9.59 Å². The molecule has 0 radical (unpaired) electrons. The van der Waals surface area contributed by atoms with Crippen LogP contribution in [0.2, 0.25) is 0 Å². The Bertz CT molecular complexity index is 434. The largest absolute Gasteiger partial charge is 0.481 e. The van der Waals surface area contributed by atoms with Gasteiger partial charge in [0.05, 0.1) is 5.56 Å². The summed E-state index contributed by atoms with van der Waals surface area (Å²) < 4.78 is 0. The molecule has 110 valence electrons. The number of nitrogens with zero attached hydrogens (tertiary/aromatic N) is 2. The van der Waals surface area contributed by atoms with Gasteiger partial charge in [0.25, 0.3) is 0 Å². The van der Waals surface area contributed by atoms with Crippen molar-refractivity contribution in [2.24, 2.45) is 11.8 Å². The highest BCUT2D eigenvalue weighted by Gasteiger charge is 2.34. The molecule has 0 aliphatic rings.